The van der Waals surface area contributed by atoms with Crippen molar-refractivity contribution >= 4 is 10.9 Å². The number of aryl methyl sites for hydroxylation is 1. The van der Waals surface area contributed by atoms with Crippen molar-refractivity contribution in [2.75, 3.05) is 6.54 Å². The van der Waals surface area contributed by atoms with Crippen LogP contribution in [0.15, 0.2) is 18.2 Å². The average Bonchev–Trinajstić information content (AvgIpc) is 2.56. The van der Waals surface area contributed by atoms with Crippen LogP contribution in [0.2, 0.25) is 0 Å². The van der Waals surface area contributed by atoms with Gasteiger partial charge in [0, 0.05) is 24.2 Å². The van der Waals surface area contributed by atoms with Crippen molar-refractivity contribution in [3.8, 4) is 0 Å². The molecule has 1 aliphatic heterocycles. The Hall–Kier alpha value is -1.35. The van der Waals surface area contributed by atoms with E-state index in [4.69, 9.17) is 0 Å². The van der Waals surface area contributed by atoms with Gasteiger partial charge in [-0.05, 0) is 31.5 Å². The van der Waals surface area contributed by atoms with Crippen molar-refractivity contribution in [1.82, 2.24) is 9.88 Å². The van der Waals surface area contributed by atoms with Gasteiger partial charge in [-0.3, -0.25) is 0 Å². The molecule has 2 heterocycles. The molecule has 1 aromatic carbocycles. The fraction of sp³-hybridized carbons (Fsp3) is 0.385. The van der Waals surface area contributed by atoms with E-state index in [2.05, 4.69) is 12.2 Å². The Labute approximate surface area is 94.1 Å². The number of fused-ring (bicyclic) bond motifs is 3. The van der Waals surface area contributed by atoms with Crippen molar-refractivity contribution in [2.45, 2.75) is 19.4 Å². The van der Waals surface area contributed by atoms with E-state index in [1.54, 1.807) is 6.07 Å². The first-order chi connectivity index (χ1) is 7.70. The maximum Gasteiger partial charge on any atom is 0.147 e. The van der Waals surface area contributed by atoms with Crippen LogP contribution in [0, 0.1) is 5.82 Å². The van der Waals surface area contributed by atoms with Gasteiger partial charge in [-0.15, -0.1) is 0 Å². The predicted molar refractivity (Wildman–Crippen MR) is 63.0 cm³/mol. The second kappa shape index (κ2) is 3.32. The number of para-hydroxylation sites is 1. The summed E-state index contributed by atoms with van der Waals surface area (Å²) in [5, 5.41) is 4.49. The molecule has 16 heavy (non-hydrogen) atoms. The zero-order valence-electron chi connectivity index (χ0n) is 9.55. The van der Waals surface area contributed by atoms with E-state index < -0.39 is 0 Å². The summed E-state index contributed by atoms with van der Waals surface area (Å²) in [7, 11) is 1.95. The Morgan fingerprint density at radius 2 is 2.25 bits per heavy atom. The minimum atomic E-state index is -0.124. The summed E-state index contributed by atoms with van der Waals surface area (Å²) in [6.45, 7) is 3.11. The first-order valence-electron chi connectivity index (χ1n) is 5.69. The normalized spacial score (nSPS) is 20.1. The second-order valence-corrected chi connectivity index (χ2v) is 4.48. The zero-order valence-corrected chi connectivity index (χ0v) is 9.55. The molecule has 0 spiro atoms. The molecule has 0 saturated carbocycles. The molecule has 0 fully saturated rings. The van der Waals surface area contributed by atoms with Crippen molar-refractivity contribution in [3.63, 3.8) is 0 Å². The van der Waals surface area contributed by atoms with Crippen LogP contribution in [0.25, 0.3) is 10.9 Å². The lowest BCUT2D eigenvalue weighted by Gasteiger charge is -2.22. The summed E-state index contributed by atoms with van der Waals surface area (Å²) >= 11 is 0. The van der Waals surface area contributed by atoms with Crippen LogP contribution in [-0.4, -0.2) is 11.1 Å². The topological polar surface area (TPSA) is 17.0 Å². The van der Waals surface area contributed by atoms with Gasteiger partial charge in [0.05, 0.1) is 5.52 Å². The first kappa shape index (κ1) is 9.85. The number of hydrogen-bond acceptors (Lipinski definition) is 1. The third-order valence-electron chi connectivity index (χ3n) is 3.55. The summed E-state index contributed by atoms with van der Waals surface area (Å²) in [5.41, 5.74) is 3.28. The Bertz CT molecular complexity index is 557. The van der Waals surface area contributed by atoms with Gasteiger partial charge >= 0.3 is 0 Å². The van der Waals surface area contributed by atoms with Gasteiger partial charge < -0.3 is 9.88 Å². The zero-order chi connectivity index (χ0) is 11.3. The quantitative estimate of drug-likeness (QED) is 0.719. The molecule has 3 rings (SSSR count). The molecule has 1 unspecified atom stereocenters. The number of nitrogens with zero attached hydrogens (tertiary/aromatic N) is 1. The largest absolute Gasteiger partial charge is 0.344 e. The maximum atomic E-state index is 13.8. The number of aromatic nitrogens is 1. The smallest absolute Gasteiger partial charge is 0.147 e. The highest BCUT2D eigenvalue weighted by atomic mass is 19.1. The van der Waals surface area contributed by atoms with E-state index >= 15 is 0 Å². The van der Waals surface area contributed by atoms with Crippen LogP contribution < -0.4 is 5.32 Å². The average molecular weight is 218 g/mol. The van der Waals surface area contributed by atoms with Crippen LogP contribution in [0.4, 0.5) is 4.39 Å². The van der Waals surface area contributed by atoms with Crippen molar-refractivity contribution in [3.05, 3.63) is 35.3 Å². The van der Waals surface area contributed by atoms with Gasteiger partial charge in [0.15, 0.2) is 0 Å². The first-order valence-corrected chi connectivity index (χ1v) is 5.69. The van der Waals surface area contributed by atoms with Crippen molar-refractivity contribution < 1.29 is 4.39 Å². The molecular formula is C13H15FN2. The van der Waals surface area contributed by atoms with Gasteiger partial charge in [-0.1, -0.05) is 12.1 Å². The minimum absolute atomic E-state index is 0.124. The summed E-state index contributed by atoms with van der Waals surface area (Å²) < 4.78 is 15.8. The lowest BCUT2D eigenvalue weighted by atomic mass is 10.0. The Morgan fingerprint density at radius 3 is 3.06 bits per heavy atom. The standard InChI is InChI=1S/C13H15FN2/c1-8-12-10(6-7-15-8)9-4-3-5-11(14)13(9)16(12)2/h3-5,8,15H,6-7H2,1-2H3. The van der Waals surface area contributed by atoms with Gasteiger partial charge in [0.1, 0.15) is 5.82 Å². The predicted octanol–water partition coefficient (Wildman–Crippen LogP) is 2.52. The summed E-state index contributed by atoms with van der Waals surface area (Å²) in [4.78, 5) is 0. The Kier molecular flexibility index (Phi) is 2.04. The maximum absolute atomic E-state index is 13.8. The molecule has 0 amide bonds. The van der Waals surface area contributed by atoms with Crippen molar-refractivity contribution in [2.24, 2.45) is 7.05 Å². The summed E-state index contributed by atoms with van der Waals surface area (Å²) in [5.74, 6) is -0.124. The molecule has 0 bridgehead atoms. The highest BCUT2D eigenvalue weighted by Crippen LogP contribution is 2.33. The van der Waals surface area contributed by atoms with E-state index in [1.807, 2.05) is 17.7 Å². The molecule has 1 aromatic heterocycles. The second-order valence-electron chi connectivity index (χ2n) is 4.48. The van der Waals surface area contributed by atoms with E-state index in [-0.39, 0.29) is 5.82 Å². The van der Waals surface area contributed by atoms with Gasteiger partial charge in [-0.25, -0.2) is 4.39 Å². The molecule has 2 nitrogen and oxygen atoms in total. The number of benzene rings is 1. The van der Waals surface area contributed by atoms with E-state index in [1.165, 1.54) is 17.3 Å². The van der Waals surface area contributed by atoms with Crippen LogP contribution in [0.3, 0.4) is 0 Å². The molecule has 3 heteroatoms. The molecule has 2 aromatic rings. The van der Waals surface area contributed by atoms with Gasteiger partial charge in [0.25, 0.3) is 0 Å². The van der Waals surface area contributed by atoms with Crippen LogP contribution in [-0.2, 0) is 13.5 Å². The molecule has 0 aliphatic carbocycles. The minimum Gasteiger partial charge on any atom is -0.344 e. The number of rotatable bonds is 0. The molecule has 1 atom stereocenters. The van der Waals surface area contributed by atoms with Gasteiger partial charge in [0.2, 0.25) is 0 Å². The molecule has 84 valence electrons. The Morgan fingerprint density at radius 1 is 1.44 bits per heavy atom. The molecule has 0 saturated heterocycles. The fourth-order valence-corrected chi connectivity index (χ4v) is 2.89. The van der Waals surface area contributed by atoms with Crippen LogP contribution >= 0.6 is 0 Å². The Balaban J connectivity index is 2.43. The van der Waals surface area contributed by atoms with Crippen molar-refractivity contribution in [1.29, 1.82) is 0 Å². The SMILES string of the molecule is CC1NCCc2c1n(C)c1c(F)cccc21. The number of halogens is 1. The van der Waals surface area contributed by atoms with Crippen LogP contribution in [0.1, 0.15) is 24.2 Å². The lowest BCUT2D eigenvalue weighted by molar-refractivity contribution is 0.514. The van der Waals surface area contributed by atoms with E-state index in [0.29, 0.717) is 6.04 Å². The molecular weight excluding hydrogens is 203 g/mol. The number of hydrogen-bond donors (Lipinski definition) is 1. The fourth-order valence-electron chi connectivity index (χ4n) is 2.89. The lowest BCUT2D eigenvalue weighted by Crippen LogP contribution is -2.28. The van der Waals surface area contributed by atoms with E-state index in [9.17, 15) is 4.39 Å². The third-order valence-corrected chi connectivity index (χ3v) is 3.55. The summed E-state index contributed by atoms with van der Waals surface area (Å²) in [6.07, 6.45) is 0.987. The summed E-state index contributed by atoms with van der Waals surface area (Å²) in [6, 6.07) is 5.66. The monoisotopic (exact) mass is 218 g/mol. The third kappa shape index (κ3) is 1.15. The highest BCUT2D eigenvalue weighted by Gasteiger charge is 2.24. The van der Waals surface area contributed by atoms with Gasteiger partial charge in [-0.2, -0.15) is 0 Å². The molecule has 1 N–H and O–H groups in total. The van der Waals surface area contributed by atoms with E-state index in [0.717, 1.165) is 23.9 Å². The molecule has 0 radical (unpaired) electrons. The number of nitrogens with one attached hydrogen (secondary N) is 1. The van der Waals surface area contributed by atoms with Crippen LogP contribution in [0.5, 0.6) is 0 Å². The molecule has 1 aliphatic rings. The highest BCUT2D eigenvalue weighted by molar-refractivity contribution is 5.86.